The number of nitrogens with zero attached hydrogens (tertiary/aromatic N) is 1. The van der Waals surface area contributed by atoms with E-state index in [-0.39, 0.29) is 35.3 Å². The van der Waals surface area contributed by atoms with Gasteiger partial charge in [-0.1, -0.05) is 102 Å². The first-order valence-corrected chi connectivity index (χ1v) is 17.0. The second kappa shape index (κ2) is 18.0. The van der Waals surface area contributed by atoms with Gasteiger partial charge in [-0.25, -0.2) is 8.42 Å². The van der Waals surface area contributed by atoms with Crippen LogP contribution in [0.2, 0.25) is 0 Å². The van der Waals surface area contributed by atoms with E-state index in [9.17, 15) is 13.0 Å². The van der Waals surface area contributed by atoms with Crippen molar-refractivity contribution < 1.29 is 42.5 Å². The average Bonchev–Trinajstić information content (AvgIpc) is 2.87. The van der Waals surface area contributed by atoms with Crippen molar-refractivity contribution >= 4 is 33.3 Å². The summed E-state index contributed by atoms with van der Waals surface area (Å²) in [4.78, 5) is 4.67. The monoisotopic (exact) mass is 567 g/mol. The van der Waals surface area contributed by atoms with Crippen molar-refractivity contribution in [1.82, 2.24) is 0 Å². The van der Waals surface area contributed by atoms with Crippen LogP contribution in [-0.4, -0.2) is 25.3 Å². The van der Waals surface area contributed by atoms with E-state index in [1.165, 1.54) is 98.0 Å². The van der Waals surface area contributed by atoms with E-state index >= 15 is 0 Å². The minimum Gasteiger partial charge on any atom is -0.748 e. The van der Waals surface area contributed by atoms with Crippen LogP contribution in [0.1, 0.15) is 108 Å². The molecule has 0 N–H and O–H groups in total. The Balaban J connectivity index is 0.00000507. The van der Waals surface area contributed by atoms with Crippen molar-refractivity contribution in [2.45, 2.75) is 120 Å². The molecule has 4 nitrogen and oxygen atoms in total. The first-order valence-electron chi connectivity index (χ1n) is 14.6. The van der Waals surface area contributed by atoms with E-state index in [2.05, 4.69) is 55.1 Å². The number of fused-ring (bicyclic) bond motifs is 2. The molecule has 0 bridgehead atoms. The second-order valence-corrected chi connectivity index (χ2v) is 13.1. The predicted molar refractivity (Wildman–Crippen MR) is 157 cm³/mol. The maximum atomic E-state index is 11.3. The van der Waals surface area contributed by atoms with Crippen molar-refractivity contribution in [3.05, 3.63) is 47.5 Å². The van der Waals surface area contributed by atoms with Crippen LogP contribution in [0.25, 0.3) is 0 Å². The Kier molecular flexibility index (Phi) is 16.0. The Morgan fingerprint density at radius 3 is 1.58 bits per heavy atom. The van der Waals surface area contributed by atoms with Gasteiger partial charge < -0.3 is 9.45 Å². The van der Waals surface area contributed by atoms with E-state index < -0.39 is 10.1 Å². The van der Waals surface area contributed by atoms with Gasteiger partial charge in [-0.2, -0.15) is 0 Å². The van der Waals surface area contributed by atoms with Gasteiger partial charge in [-0.05, 0) is 67.5 Å². The predicted octanol–water partition coefficient (Wildman–Crippen LogP) is 6.03. The van der Waals surface area contributed by atoms with Crippen LogP contribution in [0.4, 0.5) is 11.4 Å². The van der Waals surface area contributed by atoms with Gasteiger partial charge in [0.05, 0.1) is 21.5 Å². The van der Waals surface area contributed by atoms with Crippen LogP contribution in [-0.2, 0) is 23.0 Å². The fourth-order valence-corrected chi connectivity index (χ4v) is 6.68. The zero-order valence-electron chi connectivity index (χ0n) is 24.0. The molecular weight excluding hydrogens is 521 g/mol. The third kappa shape index (κ3) is 11.5. The van der Waals surface area contributed by atoms with Gasteiger partial charge in [-0.3, -0.25) is 0 Å². The van der Waals surface area contributed by atoms with Gasteiger partial charge in [0.2, 0.25) is 0 Å². The third-order valence-corrected chi connectivity index (χ3v) is 9.18. The molecule has 0 saturated heterocycles. The number of hydrogen-bond acceptors (Lipinski definition) is 5. The zero-order valence-corrected chi connectivity index (χ0v) is 27.6. The molecule has 0 atom stereocenters. The van der Waals surface area contributed by atoms with Crippen molar-refractivity contribution in [2.24, 2.45) is 0 Å². The van der Waals surface area contributed by atoms with E-state index in [0.717, 1.165) is 24.2 Å². The number of anilines is 2. The molecule has 0 spiro atoms. The van der Waals surface area contributed by atoms with Crippen LogP contribution in [0.3, 0.4) is 0 Å². The van der Waals surface area contributed by atoms with Crippen molar-refractivity contribution in [2.75, 3.05) is 17.2 Å². The molecule has 0 fully saturated rings. The maximum absolute atomic E-state index is 11.3. The smallest absolute Gasteiger partial charge is 0.748 e. The molecule has 1 aliphatic rings. The molecule has 0 unspecified atom stereocenters. The fourth-order valence-electron chi connectivity index (χ4n) is 5.14. The van der Waals surface area contributed by atoms with Crippen LogP contribution < -0.4 is 34.5 Å². The van der Waals surface area contributed by atoms with Gasteiger partial charge in [0.25, 0.3) is 0 Å². The fraction of sp³-hybridized carbons (Fsp3) is 0.613. The maximum Gasteiger partial charge on any atom is 1.00 e. The number of hydrogen-bond donors (Lipinski definition) is 0. The second-order valence-electron chi connectivity index (χ2n) is 10.5. The minimum atomic E-state index is -4.22. The van der Waals surface area contributed by atoms with Gasteiger partial charge in [-0.15, -0.1) is 0 Å². The van der Waals surface area contributed by atoms with Crippen molar-refractivity contribution in [3.63, 3.8) is 0 Å². The molecule has 0 radical (unpaired) electrons. The zero-order chi connectivity index (χ0) is 26.5. The summed E-state index contributed by atoms with van der Waals surface area (Å²) in [6, 6.07) is 13.5. The van der Waals surface area contributed by atoms with E-state index in [0.29, 0.717) is 13.0 Å². The first kappa shape index (κ1) is 33.7. The number of aryl methyl sites for hydroxylation is 2. The van der Waals surface area contributed by atoms with Gasteiger partial charge >= 0.3 is 29.6 Å². The summed E-state index contributed by atoms with van der Waals surface area (Å²) in [6.07, 6.45) is 17.8. The summed E-state index contributed by atoms with van der Waals surface area (Å²) < 4.78 is 34.0. The third-order valence-electron chi connectivity index (χ3n) is 7.26. The molecule has 3 rings (SSSR count). The molecule has 0 saturated carbocycles. The van der Waals surface area contributed by atoms with Gasteiger partial charge in [0, 0.05) is 22.1 Å². The summed E-state index contributed by atoms with van der Waals surface area (Å²) in [5.41, 5.74) is 4.98. The Morgan fingerprint density at radius 2 is 1.13 bits per heavy atom. The molecule has 2 aromatic carbocycles. The van der Waals surface area contributed by atoms with Crippen LogP contribution in [0, 0.1) is 0 Å². The molecule has 0 aromatic heterocycles. The van der Waals surface area contributed by atoms with Crippen LogP contribution >= 0.6 is 11.8 Å². The topological polar surface area (TPSA) is 60.4 Å². The summed E-state index contributed by atoms with van der Waals surface area (Å²) in [7, 11) is -4.22. The first-order chi connectivity index (χ1) is 17.9. The van der Waals surface area contributed by atoms with E-state index in [4.69, 9.17) is 0 Å². The summed E-state index contributed by atoms with van der Waals surface area (Å²) in [5, 5.41) is 0. The van der Waals surface area contributed by atoms with Crippen LogP contribution in [0.5, 0.6) is 0 Å². The molecule has 1 heterocycles. The number of benzene rings is 2. The van der Waals surface area contributed by atoms with Crippen LogP contribution in [0.15, 0.2) is 46.2 Å². The molecule has 1 aliphatic heterocycles. The standard InChI is InChI=1S/C31H47NO3S2.Na/c1-3-5-7-9-11-13-16-26-18-20-30-28(24-26)32(22-15-23-37(33,34)35)29-25-27(19-21-31(29)36-30)17-14-12-10-8-6-4-2;/h18-21,24-25H,3-17,22-23H2,1-2H3,(H,33,34,35);/q;+1/p-1. The SMILES string of the molecule is CCCCCCCCc1ccc2c(c1)N(CCCS(=O)(=O)[O-])c1cc(CCCCCCCC)ccc1S2.[Na+]. The normalized spacial score (nSPS) is 12.7. The Hall–Kier alpha value is -0.500. The Morgan fingerprint density at radius 1 is 0.684 bits per heavy atom. The van der Waals surface area contributed by atoms with Gasteiger partial charge in [0.15, 0.2) is 0 Å². The summed E-state index contributed by atoms with van der Waals surface area (Å²) >= 11 is 1.80. The molecule has 206 valence electrons. The van der Waals surface area contributed by atoms with Gasteiger partial charge in [0.1, 0.15) is 0 Å². The molecular formula is C31H46NNaO3S2. The van der Waals surface area contributed by atoms with Crippen molar-refractivity contribution in [1.29, 1.82) is 0 Å². The molecule has 38 heavy (non-hydrogen) atoms. The summed E-state index contributed by atoms with van der Waals surface area (Å²) in [5.74, 6) is -0.323. The molecule has 0 aliphatic carbocycles. The largest absolute Gasteiger partial charge is 1.00 e. The quantitative estimate of drug-likeness (QED) is 0.125. The summed E-state index contributed by atoms with van der Waals surface area (Å²) in [6.45, 7) is 5.03. The minimum absolute atomic E-state index is 0. The Bertz CT molecular complexity index is 1010. The number of unbranched alkanes of at least 4 members (excludes halogenated alkanes) is 10. The molecule has 7 heteroatoms. The average molecular weight is 568 g/mol. The van der Waals surface area contributed by atoms with E-state index in [1.807, 2.05) is 0 Å². The molecule has 0 amide bonds. The van der Waals surface area contributed by atoms with Crippen molar-refractivity contribution in [3.8, 4) is 0 Å². The van der Waals surface area contributed by atoms with E-state index in [1.54, 1.807) is 11.8 Å². The molecule has 2 aromatic rings. The number of rotatable bonds is 18. The Labute approximate surface area is 258 Å².